The first kappa shape index (κ1) is 35.9. The summed E-state index contributed by atoms with van der Waals surface area (Å²) in [7, 11) is 0. The van der Waals surface area contributed by atoms with Crippen molar-refractivity contribution in [2.45, 2.75) is 17.3 Å². The summed E-state index contributed by atoms with van der Waals surface area (Å²) in [6.07, 6.45) is 0. The molecule has 13 rings (SSSR count). The minimum atomic E-state index is -0.452. The maximum atomic E-state index is 2.58. The molecule has 0 nitrogen and oxygen atoms in total. The molecule has 3 aliphatic rings. The highest BCUT2D eigenvalue weighted by molar-refractivity contribution is 5.94. The van der Waals surface area contributed by atoms with Gasteiger partial charge in [-0.1, -0.05) is 224 Å². The van der Waals surface area contributed by atoms with E-state index >= 15 is 0 Å². The van der Waals surface area contributed by atoms with E-state index in [1.807, 2.05) is 0 Å². The highest BCUT2D eigenvalue weighted by atomic mass is 14.5. The summed E-state index contributed by atoms with van der Waals surface area (Å²) in [5, 5.41) is 0. The lowest BCUT2D eigenvalue weighted by molar-refractivity contribution is 0.766. The van der Waals surface area contributed by atoms with Gasteiger partial charge >= 0.3 is 0 Å². The van der Waals surface area contributed by atoms with Crippen LogP contribution in [0.1, 0.15) is 67.5 Å². The van der Waals surface area contributed by atoms with Crippen molar-refractivity contribution in [2.24, 2.45) is 0 Å². The molecule has 0 aliphatic heterocycles. The molecule has 0 heterocycles. The second-order valence-corrected chi connectivity index (χ2v) is 17.5. The number of benzene rings is 10. The summed E-state index contributed by atoms with van der Waals surface area (Å²) in [6, 6.07) is 91.1. The average Bonchev–Trinajstić information content (AvgIpc) is 3.97. The summed E-state index contributed by atoms with van der Waals surface area (Å²) >= 11 is 0. The van der Waals surface area contributed by atoms with Crippen LogP contribution in [-0.2, 0) is 5.41 Å². The van der Waals surface area contributed by atoms with Crippen LogP contribution in [0.3, 0.4) is 0 Å². The van der Waals surface area contributed by atoms with Gasteiger partial charge in [-0.15, -0.1) is 0 Å². The fourth-order valence-electron chi connectivity index (χ4n) is 11.6. The molecule has 3 aliphatic carbocycles. The smallest absolute Gasteiger partial charge is 0.0622 e. The Morgan fingerprint density at radius 1 is 0.238 bits per heavy atom. The van der Waals surface area contributed by atoms with Crippen molar-refractivity contribution < 1.29 is 0 Å². The van der Waals surface area contributed by atoms with Gasteiger partial charge in [0.25, 0.3) is 0 Å². The zero-order valence-corrected chi connectivity index (χ0v) is 34.7. The van der Waals surface area contributed by atoms with Crippen molar-refractivity contribution in [2.75, 3.05) is 0 Å². The molecular formula is C63H42. The highest BCUT2D eigenvalue weighted by Crippen LogP contribution is 2.60. The molecule has 0 spiro atoms. The van der Waals surface area contributed by atoms with Gasteiger partial charge in [-0.25, -0.2) is 0 Å². The Morgan fingerprint density at radius 2 is 0.714 bits per heavy atom. The molecule has 10 aromatic carbocycles. The molecule has 0 heteroatoms. The van der Waals surface area contributed by atoms with Crippen LogP contribution in [0.4, 0.5) is 0 Å². The standard InChI is InChI=1S/C63H42/c1-5-18-41(19-6-1)43-22-17-23-46(36-43)62-51-30-14-13-28-49(51)54-37-44(32-34-52(54)62)45-33-35-53-55(38-45)56-39-57-50-29-15-16-31-59(50)63(47-24-9-3-10-25-47,48-26-11-4-12-27-48)60(57)40-58(56)61(53)42-20-7-2-8-21-42/h1-40,61-62H. The van der Waals surface area contributed by atoms with E-state index in [1.54, 1.807) is 0 Å². The van der Waals surface area contributed by atoms with Crippen LogP contribution in [0.25, 0.3) is 55.6 Å². The average molecular weight is 799 g/mol. The van der Waals surface area contributed by atoms with Crippen LogP contribution in [-0.4, -0.2) is 0 Å². The first-order chi connectivity index (χ1) is 31.3. The molecule has 2 unspecified atom stereocenters. The zero-order chi connectivity index (χ0) is 41.5. The lowest BCUT2D eigenvalue weighted by atomic mass is 9.67. The molecule has 0 radical (unpaired) electrons. The van der Waals surface area contributed by atoms with E-state index in [0.29, 0.717) is 0 Å². The van der Waals surface area contributed by atoms with Gasteiger partial charge in [-0.2, -0.15) is 0 Å². The van der Waals surface area contributed by atoms with E-state index in [1.165, 1.54) is 111 Å². The monoisotopic (exact) mass is 798 g/mol. The number of hydrogen-bond acceptors (Lipinski definition) is 0. The molecule has 10 aromatic rings. The molecule has 2 atom stereocenters. The van der Waals surface area contributed by atoms with Crippen molar-refractivity contribution in [1.29, 1.82) is 0 Å². The number of fused-ring (bicyclic) bond motifs is 9. The highest BCUT2D eigenvalue weighted by Gasteiger charge is 2.47. The van der Waals surface area contributed by atoms with Gasteiger partial charge in [0.2, 0.25) is 0 Å². The zero-order valence-electron chi connectivity index (χ0n) is 34.7. The molecular weight excluding hydrogens is 757 g/mol. The molecule has 0 saturated carbocycles. The van der Waals surface area contributed by atoms with Gasteiger partial charge in [-0.05, 0) is 129 Å². The number of rotatable bonds is 6. The van der Waals surface area contributed by atoms with Crippen molar-refractivity contribution in [3.8, 4) is 55.6 Å². The maximum Gasteiger partial charge on any atom is 0.0713 e. The molecule has 0 bridgehead atoms. The largest absolute Gasteiger partial charge is 0.0713 e. The molecule has 0 N–H and O–H groups in total. The van der Waals surface area contributed by atoms with Crippen LogP contribution in [0.15, 0.2) is 243 Å². The minimum Gasteiger partial charge on any atom is -0.0622 e. The summed E-state index contributed by atoms with van der Waals surface area (Å²) in [5.74, 6) is 0.291. The predicted molar refractivity (Wildman–Crippen MR) is 260 cm³/mol. The fourth-order valence-corrected chi connectivity index (χ4v) is 11.6. The first-order valence-electron chi connectivity index (χ1n) is 22.2. The van der Waals surface area contributed by atoms with Crippen LogP contribution in [0.5, 0.6) is 0 Å². The van der Waals surface area contributed by atoms with Crippen LogP contribution < -0.4 is 0 Å². The van der Waals surface area contributed by atoms with Gasteiger partial charge in [0.05, 0.1) is 5.41 Å². The lowest BCUT2D eigenvalue weighted by Gasteiger charge is -2.34. The minimum absolute atomic E-state index is 0.114. The van der Waals surface area contributed by atoms with Crippen LogP contribution in [0, 0.1) is 0 Å². The SMILES string of the molecule is c1ccc(-c2cccc(C3c4ccccc4-c4cc(-c5ccc6c(c5)-c5cc7c(cc5C6c5ccccc5)C(c5ccccc5)(c5ccccc5)c5ccccc5-7)ccc43)c2)cc1. The Labute approximate surface area is 369 Å². The Kier molecular flexibility index (Phi) is 8.05. The van der Waals surface area contributed by atoms with Gasteiger partial charge in [-0.3, -0.25) is 0 Å². The molecule has 0 amide bonds. The van der Waals surface area contributed by atoms with Gasteiger partial charge in [0, 0.05) is 11.8 Å². The van der Waals surface area contributed by atoms with Gasteiger partial charge in [0.15, 0.2) is 0 Å². The van der Waals surface area contributed by atoms with E-state index in [-0.39, 0.29) is 11.8 Å². The summed E-state index contributed by atoms with van der Waals surface area (Å²) in [5.41, 5.74) is 25.9. The Morgan fingerprint density at radius 3 is 1.40 bits per heavy atom. The molecule has 63 heavy (non-hydrogen) atoms. The number of hydrogen-bond donors (Lipinski definition) is 0. The van der Waals surface area contributed by atoms with E-state index in [9.17, 15) is 0 Å². The van der Waals surface area contributed by atoms with E-state index in [4.69, 9.17) is 0 Å². The predicted octanol–water partition coefficient (Wildman–Crippen LogP) is 15.7. The third-order valence-electron chi connectivity index (χ3n) is 14.3. The molecule has 294 valence electrons. The molecule has 0 fully saturated rings. The van der Waals surface area contributed by atoms with Crippen molar-refractivity contribution in [3.05, 3.63) is 298 Å². The Hall–Kier alpha value is -7.80. The molecule has 0 saturated heterocycles. The first-order valence-corrected chi connectivity index (χ1v) is 22.2. The lowest BCUT2D eigenvalue weighted by Crippen LogP contribution is -2.28. The second kappa shape index (κ2) is 14.1. The Bertz CT molecular complexity index is 3340. The fraction of sp³-hybridized carbons (Fsp3) is 0.0476. The third kappa shape index (κ3) is 5.35. The Balaban J connectivity index is 0.984. The maximum absolute atomic E-state index is 2.58. The van der Waals surface area contributed by atoms with E-state index < -0.39 is 5.41 Å². The van der Waals surface area contributed by atoms with E-state index in [0.717, 1.165) is 0 Å². The van der Waals surface area contributed by atoms with Crippen molar-refractivity contribution >= 4 is 0 Å². The quantitative estimate of drug-likeness (QED) is 0.157. The van der Waals surface area contributed by atoms with Crippen molar-refractivity contribution in [1.82, 2.24) is 0 Å². The van der Waals surface area contributed by atoms with Crippen molar-refractivity contribution in [3.63, 3.8) is 0 Å². The normalized spacial score (nSPS) is 15.7. The third-order valence-corrected chi connectivity index (χ3v) is 14.3. The van der Waals surface area contributed by atoms with Crippen LogP contribution >= 0.6 is 0 Å². The summed E-state index contributed by atoms with van der Waals surface area (Å²) in [4.78, 5) is 0. The summed E-state index contributed by atoms with van der Waals surface area (Å²) < 4.78 is 0. The molecule has 0 aromatic heterocycles. The van der Waals surface area contributed by atoms with Crippen LogP contribution in [0.2, 0.25) is 0 Å². The van der Waals surface area contributed by atoms with Gasteiger partial charge < -0.3 is 0 Å². The summed E-state index contributed by atoms with van der Waals surface area (Å²) in [6.45, 7) is 0. The van der Waals surface area contributed by atoms with E-state index in [2.05, 4.69) is 243 Å². The van der Waals surface area contributed by atoms with Gasteiger partial charge in [0.1, 0.15) is 0 Å². The second-order valence-electron chi connectivity index (χ2n) is 17.5. The topological polar surface area (TPSA) is 0 Å².